The minimum atomic E-state index is -0.778. The molecule has 2 N–H and O–H groups in total. The van der Waals surface area contributed by atoms with Crippen LogP contribution in [0.15, 0.2) is 53.7 Å². The Morgan fingerprint density at radius 2 is 1.62 bits per heavy atom. The smallest absolute Gasteiger partial charge is 0.338 e. The zero-order valence-corrected chi connectivity index (χ0v) is 18.4. The summed E-state index contributed by atoms with van der Waals surface area (Å²) in [5.41, 5.74) is 1.22. The Morgan fingerprint density at radius 3 is 2.22 bits per heavy atom. The number of ether oxygens (including phenoxy) is 5. The number of carbonyl (C=O) groups is 2. The predicted octanol–water partition coefficient (Wildman–Crippen LogP) is 2.96. The second kappa shape index (κ2) is 10.4. The molecule has 3 rings (SSSR count). The molecule has 9 nitrogen and oxygen atoms in total. The monoisotopic (exact) mass is 442 g/mol. The van der Waals surface area contributed by atoms with E-state index in [2.05, 4.69) is 10.6 Å². The van der Waals surface area contributed by atoms with Crippen molar-refractivity contribution in [2.24, 2.45) is 0 Å². The number of nitrogens with one attached hydrogen (secondary N) is 2. The van der Waals surface area contributed by atoms with Gasteiger partial charge in [-0.2, -0.15) is 0 Å². The maximum absolute atomic E-state index is 12.9. The highest BCUT2D eigenvalue weighted by molar-refractivity contribution is 5.95. The lowest BCUT2D eigenvalue weighted by Crippen LogP contribution is -2.45. The highest BCUT2D eigenvalue weighted by Gasteiger charge is 2.33. The normalized spacial score (nSPS) is 15.4. The third-order valence-corrected chi connectivity index (χ3v) is 4.84. The Hall–Kier alpha value is -3.88. The van der Waals surface area contributed by atoms with Crippen LogP contribution in [-0.4, -0.2) is 46.5 Å². The lowest BCUT2D eigenvalue weighted by Gasteiger charge is -2.29. The highest BCUT2D eigenvalue weighted by atomic mass is 16.6. The summed E-state index contributed by atoms with van der Waals surface area (Å²) < 4.78 is 27.1. The Kier molecular flexibility index (Phi) is 7.43. The molecular weight excluding hydrogens is 416 g/mol. The van der Waals surface area contributed by atoms with Crippen LogP contribution in [0.25, 0.3) is 0 Å². The van der Waals surface area contributed by atoms with Crippen LogP contribution in [-0.2, 0) is 9.53 Å². The minimum absolute atomic E-state index is 0.0421. The van der Waals surface area contributed by atoms with Crippen molar-refractivity contribution >= 4 is 12.0 Å². The molecule has 9 heteroatoms. The average Bonchev–Trinajstić information content (AvgIpc) is 2.80. The third-order valence-electron chi connectivity index (χ3n) is 4.84. The van der Waals surface area contributed by atoms with Gasteiger partial charge in [0, 0.05) is 5.70 Å². The van der Waals surface area contributed by atoms with Crippen molar-refractivity contribution in [3.05, 3.63) is 59.3 Å². The van der Waals surface area contributed by atoms with Crippen LogP contribution in [0.2, 0.25) is 0 Å². The zero-order valence-electron chi connectivity index (χ0n) is 18.4. The highest BCUT2D eigenvalue weighted by Crippen LogP contribution is 2.41. The topological polar surface area (TPSA) is 104 Å². The van der Waals surface area contributed by atoms with E-state index < -0.39 is 18.0 Å². The van der Waals surface area contributed by atoms with E-state index in [1.165, 1.54) is 21.3 Å². The summed E-state index contributed by atoms with van der Waals surface area (Å²) in [5, 5.41) is 5.37. The van der Waals surface area contributed by atoms with E-state index in [-0.39, 0.29) is 18.8 Å². The van der Waals surface area contributed by atoms with Crippen molar-refractivity contribution < 1.29 is 33.3 Å². The summed E-state index contributed by atoms with van der Waals surface area (Å²) in [6, 6.07) is 11.4. The molecule has 0 saturated carbocycles. The van der Waals surface area contributed by atoms with Crippen LogP contribution >= 0.6 is 0 Å². The van der Waals surface area contributed by atoms with Gasteiger partial charge in [-0.25, -0.2) is 9.59 Å². The van der Waals surface area contributed by atoms with E-state index in [1.807, 2.05) is 30.3 Å². The molecule has 1 atom stereocenters. The summed E-state index contributed by atoms with van der Waals surface area (Å²) in [6.07, 6.45) is 0. The SMILES string of the molecule is COc1cc(C2NC(=O)NC(C)=C2C(=O)OCCOc2ccccc2)cc(OC)c1OC. The molecule has 0 spiro atoms. The van der Waals surface area contributed by atoms with Crippen LogP contribution in [0.5, 0.6) is 23.0 Å². The number of esters is 1. The maximum Gasteiger partial charge on any atom is 0.338 e. The van der Waals surface area contributed by atoms with Crippen LogP contribution in [0.4, 0.5) is 4.79 Å². The van der Waals surface area contributed by atoms with Gasteiger partial charge >= 0.3 is 12.0 Å². The van der Waals surface area contributed by atoms with E-state index >= 15 is 0 Å². The number of benzene rings is 2. The first kappa shape index (κ1) is 22.8. The molecule has 170 valence electrons. The first-order chi connectivity index (χ1) is 15.5. The fourth-order valence-corrected chi connectivity index (χ4v) is 3.37. The van der Waals surface area contributed by atoms with Gasteiger partial charge in [0.1, 0.15) is 19.0 Å². The molecule has 0 radical (unpaired) electrons. The average molecular weight is 442 g/mol. The molecule has 2 aromatic rings. The summed E-state index contributed by atoms with van der Waals surface area (Å²) in [4.78, 5) is 25.1. The minimum Gasteiger partial charge on any atom is -0.493 e. The fraction of sp³-hybridized carbons (Fsp3) is 0.304. The largest absolute Gasteiger partial charge is 0.493 e. The van der Waals surface area contributed by atoms with Crippen LogP contribution in [0.1, 0.15) is 18.5 Å². The first-order valence-electron chi connectivity index (χ1n) is 9.91. The van der Waals surface area contributed by atoms with Gasteiger partial charge in [-0.15, -0.1) is 0 Å². The Balaban J connectivity index is 1.81. The number of allylic oxidation sites excluding steroid dienone is 1. The third kappa shape index (κ3) is 5.05. The standard InChI is InChI=1S/C23H26N2O7/c1-14-19(22(26)32-11-10-31-16-8-6-5-7-9-16)20(25-23(27)24-14)15-12-17(28-2)21(30-4)18(13-15)29-3/h5-9,12-13,20H,10-11H2,1-4H3,(H2,24,25,27). The number of urea groups is 1. The Labute approximate surface area is 186 Å². The van der Waals surface area contributed by atoms with Gasteiger partial charge in [-0.3, -0.25) is 0 Å². The van der Waals surface area contributed by atoms with E-state index in [1.54, 1.807) is 19.1 Å². The second-order valence-corrected chi connectivity index (χ2v) is 6.83. The van der Waals surface area contributed by atoms with E-state index in [4.69, 9.17) is 23.7 Å². The fourth-order valence-electron chi connectivity index (χ4n) is 3.37. The van der Waals surface area contributed by atoms with Crippen LogP contribution in [0, 0.1) is 0 Å². The van der Waals surface area contributed by atoms with Gasteiger partial charge < -0.3 is 34.3 Å². The molecule has 2 amide bonds. The number of amides is 2. The number of carbonyl (C=O) groups excluding carboxylic acids is 2. The van der Waals surface area contributed by atoms with Crippen molar-refractivity contribution in [2.75, 3.05) is 34.5 Å². The van der Waals surface area contributed by atoms with Crippen molar-refractivity contribution in [3.63, 3.8) is 0 Å². The molecule has 0 aromatic heterocycles. The molecular formula is C23H26N2O7. The lowest BCUT2D eigenvalue weighted by molar-refractivity contribution is -0.140. The van der Waals surface area contributed by atoms with Gasteiger partial charge in [-0.1, -0.05) is 18.2 Å². The van der Waals surface area contributed by atoms with Gasteiger partial charge in [0.25, 0.3) is 0 Å². The molecule has 1 heterocycles. The van der Waals surface area contributed by atoms with E-state index in [0.29, 0.717) is 34.3 Å². The quantitative estimate of drug-likeness (QED) is 0.454. The summed E-state index contributed by atoms with van der Waals surface area (Å²) in [6.45, 7) is 1.87. The van der Waals surface area contributed by atoms with Crippen molar-refractivity contribution in [1.82, 2.24) is 10.6 Å². The summed E-state index contributed by atoms with van der Waals surface area (Å²) in [5.74, 6) is 1.31. The van der Waals surface area contributed by atoms with Gasteiger partial charge in [-0.05, 0) is 36.8 Å². The zero-order chi connectivity index (χ0) is 23.1. The molecule has 32 heavy (non-hydrogen) atoms. The Morgan fingerprint density at radius 1 is 0.969 bits per heavy atom. The number of hydrogen-bond acceptors (Lipinski definition) is 7. The number of hydrogen-bond donors (Lipinski definition) is 2. The van der Waals surface area contributed by atoms with Gasteiger partial charge in [0.05, 0.1) is 32.9 Å². The molecule has 2 aromatic carbocycles. The van der Waals surface area contributed by atoms with Crippen molar-refractivity contribution in [3.8, 4) is 23.0 Å². The molecule has 0 bridgehead atoms. The van der Waals surface area contributed by atoms with Gasteiger partial charge in [0.2, 0.25) is 5.75 Å². The Bertz CT molecular complexity index is 980. The van der Waals surface area contributed by atoms with Crippen LogP contribution < -0.4 is 29.6 Å². The van der Waals surface area contributed by atoms with E-state index in [9.17, 15) is 9.59 Å². The van der Waals surface area contributed by atoms with Crippen molar-refractivity contribution in [2.45, 2.75) is 13.0 Å². The first-order valence-corrected chi connectivity index (χ1v) is 9.91. The number of methoxy groups -OCH3 is 3. The maximum atomic E-state index is 12.9. The molecule has 1 unspecified atom stereocenters. The molecule has 0 fully saturated rings. The lowest BCUT2D eigenvalue weighted by atomic mass is 9.95. The predicted molar refractivity (Wildman–Crippen MR) is 116 cm³/mol. The molecule has 1 aliphatic rings. The molecule has 0 aliphatic carbocycles. The second-order valence-electron chi connectivity index (χ2n) is 6.83. The summed E-state index contributed by atoms with van der Waals surface area (Å²) >= 11 is 0. The van der Waals surface area contributed by atoms with E-state index in [0.717, 1.165) is 0 Å². The van der Waals surface area contributed by atoms with Gasteiger partial charge in [0.15, 0.2) is 11.5 Å². The molecule has 0 saturated heterocycles. The van der Waals surface area contributed by atoms with Crippen LogP contribution in [0.3, 0.4) is 0 Å². The number of para-hydroxylation sites is 1. The molecule has 1 aliphatic heterocycles. The van der Waals surface area contributed by atoms with Crippen molar-refractivity contribution in [1.29, 1.82) is 0 Å². The summed E-state index contributed by atoms with van der Waals surface area (Å²) in [7, 11) is 4.48. The number of rotatable bonds is 9.